The summed E-state index contributed by atoms with van der Waals surface area (Å²) in [6.07, 6.45) is 2.58. The van der Waals surface area contributed by atoms with Crippen LogP contribution in [0.3, 0.4) is 0 Å². The van der Waals surface area contributed by atoms with E-state index in [-0.39, 0.29) is 25.2 Å². The number of carbonyl (C=O) groups is 2. The molecule has 0 amide bonds. The number of benzene rings is 1. The molecule has 0 spiro atoms. The molecule has 0 saturated carbocycles. The van der Waals surface area contributed by atoms with Crippen LogP contribution in [0.25, 0.3) is 0 Å². The van der Waals surface area contributed by atoms with Crippen LogP contribution in [0.15, 0.2) is 0 Å². The first-order valence-corrected chi connectivity index (χ1v) is 6.73. The average molecular weight is 258 g/mol. The third kappa shape index (κ3) is 1.29. The first-order chi connectivity index (χ1) is 9.18. The molecule has 1 aromatic carbocycles. The van der Waals surface area contributed by atoms with Crippen molar-refractivity contribution in [2.45, 2.75) is 32.1 Å². The highest BCUT2D eigenvalue weighted by atomic mass is 16.6. The van der Waals surface area contributed by atoms with Gasteiger partial charge in [0, 0.05) is 0 Å². The van der Waals surface area contributed by atoms with Crippen LogP contribution in [-0.2, 0) is 28.7 Å². The zero-order valence-corrected chi connectivity index (χ0v) is 10.7. The number of hydrogen-bond acceptors (Lipinski definition) is 4. The fourth-order valence-corrected chi connectivity index (χ4v) is 3.48. The number of ether oxygens (including phenoxy) is 2. The van der Waals surface area contributed by atoms with Crippen LogP contribution in [0.4, 0.5) is 0 Å². The summed E-state index contributed by atoms with van der Waals surface area (Å²) in [5, 5.41) is 0. The summed E-state index contributed by atoms with van der Waals surface area (Å²) in [6, 6.07) is 0. The molecule has 3 aliphatic rings. The molecule has 4 heteroatoms. The van der Waals surface area contributed by atoms with Gasteiger partial charge in [0.15, 0.2) is 0 Å². The summed E-state index contributed by atoms with van der Waals surface area (Å²) in [5.41, 5.74) is 5.57. The highest BCUT2D eigenvalue weighted by Crippen LogP contribution is 2.47. The Balaban J connectivity index is 2.04. The zero-order valence-electron chi connectivity index (χ0n) is 10.7. The second-order valence-corrected chi connectivity index (χ2v) is 5.48. The molecule has 1 heterocycles. The van der Waals surface area contributed by atoms with E-state index in [1.807, 2.05) is 0 Å². The van der Waals surface area contributed by atoms with E-state index < -0.39 is 0 Å². The number of fused-ring (bicyclic) bond motifs is 3. The first kappa shape index (κ1) is 11.0. The smallest absolute Gasteiger partial charge is 0.338 e. The van der Waals surface area contributed by atoms with Gasteiger partial charge in [-0.3, -0.25) is 0 Å². The van der Waals surface area contributed by atoms with Crippen LogP contribution < -0.4 is 0 Å². The van der Waals surface area contributed by atoms with Crippen LogP contribution in [-0.4, -0.2) is 25.2 Å². The predicted octanol–water partition coefficient (Wildman–Crippen LogP) is 1.77. The molecule has 1 unspecified atom stereocenters. The second kappa shape index (κ2) is 3.59. The molecule has 4 rings (SSSR count). The molecule has 0 fully saturated rings. The predicted molar refractivity (Wildman–Crippen MR) is 66.5 cm³/mol. The lowest BCUT2D eigenvalue weighted by atomic mass is 9.66. The average Bonchev–Trinajstić information content (AvgIpc) is 2.33. The standard InChI is InChI=1S/C15H14O4/c1-7-6-10-11(7)13-9-3-2-8(9)12(10)14(16)18-4-5-19-15(13)17/h7H,2-6H2,1H3. The van der Waals surface area contributed by atoms with Crippen molar-refractivity contribution < 1.29 is 19.1 Å². The fourth-order valence-electron chi connectivity index (χ4n) is 3.48. The number of cyclic esters (lactones) is 2. The van der Waals surface area contributed by atoms with Crippen molar-refractivity contribution in [3.63, 3.8) is 0 Å². The van der Waals surface area contributed by atoms with Gasteiger partial charge in [0.25, 0.3) is 0 Å². The molecule has 0 N–H and O–H groups in total. The SMILES string of the molecule is CC1Cc2c3c4c(c(c21)C(=O)OCCOC3=O)CC4. The van der Waals surface area contributed by atoms with Gasteiger partial charge in [-0.05, 0) is 47.4 Å². The third-order valence-corrected chi connectivity index (χ3v) is 4.45. The van der Waals surface area contributed by atoms with Gasteiger partial charge in [-0.1, -0.05) is 6.92 Å². The number of esters is 2. The van der Waals surface area contributed by atoms with Gasteiger partial charge in [-0.15, -0.1) is 0 Å². The van der Waals surface area contributed by atoms with Crippen molar-refractivity contribution in [1.29, 1.82) is 0 Å². The molecule has 4 nitrogen and oxygen atoms in total. The van der Waals surface area contributed by atoms with Gasteiger partial charge in [0.05, 0.1) is 11.1 Å². The van der Waals surface area contributed by atoms with Gasteiger partial charge in [0.2, 0.25) is 0 Å². The number of rotatable bonds is 0. The maximum Gasteiger partial charge on any atom is 0.338 e. The maximum absolute atomic E-state index is 12.2. The van der Waals surface area contributed by atoms with Gasteiger partial charge >= 0.3 is 11.9 Å². The minimum absolute atomic E-state index is 0.140. The minimum Gasteiger partial charge on any atom is -0.458 e. The summed E-state index contributed by atoms with van der Waals surface area (Å²) >= 11 is 0. The molecule has 1 aliphatic heterocycles. The summed E-state index contributed by atoms with van der Waals surface area (Å²) in [4.78, 5) is 24.4. The molecule has 0 saturated heterocycles. The van der Waals surface area contributed by atoms with Crippen molar-refractivity contribution in [2.24, 2.45) is 0 Å². The Labute approximate surface area is 110 Å². The molecule has 1 aromatic rings. The molecule has 98 valence electrons. The third-order valence-electron chi connectivity index (χ3n) is 4.45. The van der Waals surface area contributed by atoms with E-state index in [2.05, 4.69) is 6.92 Å². The maximum atomic E-state index is 12.2. The van der Waals surface area contributed by atoms with Crippen LogP contribution in [0.5, 0.6) is 0 Å². The van der Waals surface area contributed by atoms with E-state index in [9.17, 15) is 9.59 Å². The Morgan fingerprint density at radius 1 is 0.895 bits per heavy atom. The zero-order chi connectivity index (χ0) is 13.1. The van der Waals surface area contributed by atoms with E-state index in [1.54, 1.807) is 0 Å². The second-order valence-electron chi connectivity index (χ2n) is 5.48. The van der Waals surface area contributed by atoms with Crippen LogP contribution >= 0.6 is 0 Å². The van der Waals surface area contributed by atoms with Gasteiger partial charge in [0.1, 0.15) is 13.2 Å². The van der Waals surface area contributed by atoms with E-state index in [4.69, 9.17) is 9.47 Å². The number of carbonyl (C=O) groups excluding carboxylic acids is 2. The van der Waals surface area contributed by atoms with Gasteiger partial charge in [-0.2, -0.15) is 0 Å². The molecule has 19 heavy (non-hydrogen) atoms. The van der Waals surface area contributed by atoms with Crippen molar-refractivity contribution >= 4 is 11.9 Å². The largest absolute Gasteiger partial charge is 0.458 e. The van der Waals surface area contributed by atoms with E-state index in [0.717, 1.165) is 52.6 Å². The van der Waals surface area contributed by atoms with Crippen molar-refractivity contribution in [2.75, 3.05) is 13.2 Å². The van der Waals surface area contributed by atoms with Crippen LogP contribution in [0.2, 0.25) is 0 Å². The van der Waals surface area contributed by atoms with Crippen molar-refractivity contribution in [3.8, 4) is 0 Å². The lowest BCUT2D eigenvalue weighted by Gasteiger charge is -2.38. The molecule has 2 bridgehead atoms. The lowest BCUT2D eigenvalue weighted by Crippen LogP contribution is -2.34. The highest BCUT2D eigenvalue weighted by Gasteiger charge is 2.41. The van der Waals surface area contributed by atoms with Crippen molar-refractivity contribution in [1.82, 2.24) is 0 Å². The molecular formula is C15H14O4. The summed E-state index contributed by atoms with van der Waals surface area (Å²) in [5.74, 6) is -0.165. The Morgan fingerprint density at radius 2 is 1.47 bits per heavy atom. The summed E-state index contributed by atoms with van der Waals surface area (Å²) in [7, 11) is 0. The van der Waals surface area contributed by atoms with E-state index in [1.165, 1.54) is 0 Å². The molecular weight excluding hydrogens is 244 g/mol. The first-order valence-electron chi connectivity index (χ1n) is 6.73. The molecule has 0 radical (unpaired) electrons. The van der Waals surface area contributed by atoms with E-state index in [0.29, 0.717) is 5.92 Å². The topological polar surface area (TPSA) is 52.6 Å². The number of hydrogen-bond donors (Lipinski definition) is 0. The monoisotopic (exact) mass is 258 g/mol. The van der Waals surface area contributed by atoms with Gasteiger partial charge < -0.3 is 9.47 Å². The Bertz CT molecular complexity index is 630. The lowest BCUT2D eigenvalue weighted by molar-refractivity contribution is 0.0251. The van der Waals surface area contributed by atoms with Gasteiger partial charge in [-0.25, -0.2) is 9.59 Å². The fraction of sp³-hybridized carbons (Fsp3) is 0.467. The quantitative estimate of drug-likeness (QED) is 0.665. The minimum atomic E-state index is -0.247. The Morgan fingerprint density at radius 3 is 2.05 bits per heavy atom. The Kier molecular flexibility index (Phi) is 2.08. The molecule has 0 aromatic heterocycles. The Hall–Kier alpha value is -1.84. The molecule has 1 atom stereocenters. The summed E-state index contributed by atoms with van der Waals surface area (Å²) in [6.45, 7) is 2.37. The van der Waals surface area contributed by atoms with Crippen molar-refractivity contribution in [3.05, 3.63) is 33.4 Å². The summed E-state index contributed by atoms with van der Waals surface area (Å²) < 4.78 is 10.4. The van der Waals surface area contributed by atoms with E-state index >= 15 is 0 Å². The normalized spacial score (nSPS) is 23.5. The van der Waals surface area contributed by atoms with Crippen LogP contribution in [0, 0.1) is 0 Å². The van der Waals surface area contributed by atoms with Crippen LogP contribution in [0.1, 0.15) is 55.8 Å². The highest BCUT2D eigenvalue weighted by molar-refractivity contribution is 6.02. The molecule has 2 aliphatic carbocycles.